The average Bonchev–Trinajstić information content (AvgIpc) is 3.31. The first-order valence-electron chi connectivity index (χ1n) is 11.9. The van der Waals surface area contributed by atoms with Crippen LogP contribution in [0.15, 0.2) is 51.9 Å². The highest BCUT2D eigenvalue weighted by atomic mass is 32.2. The number of piperidine rings is 1. The second kappa shape index (κ2) is 10.3. The van der Waals surface area contributed by atoms with Gasteiger partial charge in [-0.2, -0.15) is 9.29 Å². The highest BCUT2D eigenvalue weighted by molar-refractivity contribution is 7.89. The number of nitrogens with zero attached hydrogens (tertiary/aromatic N) is 3. The fraction of sp³-hybridized carbons (Fsp3) is 0.423. The summed E-state index contributed by atoms with van der Waals surface area (Å²) in [6, 6.07) is 12.9. The first-order valence-corrected chi connectivity index (χ1v) is 13.4. The lowest BCUT2D eigenvalue weighted by Crippen LogP contribution is -2.43. The van der Waals surface area contributed by atoms with Crippen LogP contribution in [-0.2, 0) is 21.2 Å². The number of rotatable bonds is 7. The van der Waals surface area contributed by atoms with Gasteiger partial charge in [-0.25, -0.2) is 8.42 Å². The van der Waals surface area contributed by atoms with E-state index in [1.54, 1.807) is 13.0 Å². The first-order chi connectivity index (χ1) is 16.6. The molecule has 2 heterocycles. The maximum Gasteiger partial charge on any atom is 0.243 e. The van der Waals surface area contributed by atoms with E-state index < -0.39 is 15.9 Å². The Morgan fingerprint density at radius 3 is 2.60 bits per heavy atom. The van der Waals surface area contributed by atoms with Crippen molar-refractivity contribution in [3.05, 3.63) is 70.9 Å². The van der Waals surface area contributed by atoms with Crippen molar-refractivity contribution < 1.29 is 17.7 Å². The van der Waals surface area contributed by atoms with E-state index in [9.17, 15) is 13.2 Å². The van der Waals surface area contributed by atoms with Gasteiger partial charge >= 0.3 is 0 Å². The Hall–Kier alpha value is -3.04. The molecule has 0 spiro atoms. The Kier molecular flexibility index (Phi) is 7.37. The summed E-state index contributed by atoms with van der Waals surface area (Å²) in [5, 5.41) is 6.96. The van der Waals surface area contributed by atoms with Gasteiger partial charge in [-0.3, -0.25) is 4.79 Å². The topological polar surface area (TPSA) is 105 Å². The van der Waals surface area contributed by atoms with Gasteiger partial charge in [0.2, 0.25) is 21.8 Å². The molecule has 1 aliphatic heterocycles. The third kappa shape index (κ3) is 5.79. The third-order valence-corrected chi connectivity index (χ3v) is 8.28. The van der Waals surface area contributed by atoms with Crippen molar-refractivity contribution in [3.63, 3.8) is 0 Å². The number of anilines is 1. The lowest BCUT2D eigenvalue weighted by Gasteiger charge is -2.31. The largest absolute Gasteiger partial charge is 0.339 e. The molecule has 8 nitrogen and oxygen atoms in total. The van der Waals surface area contributed by atoms with Crippen molar-refractivity contribution in [2.24, 2.45) is 5.92 Å². The Bertz CT molecular complexity index is 1300. The summed E-state index contributed by atoms with van der Waals surface area (Å²) in [5.41, 5.74) is 3.28. The van der Waals surface area contributed by atoms with E-state index in [-0.39, 0.29) is 18.4 Å². The molecule has 0 saturated carbocycles. The van der Waals surface area contributed by atoms with Crippen LogP contribution >= 0.6 is 0 Å². The summed E-state index contributed by atoms with van der Waals surface area (Å²) >= 11 is 0. The van der Waals surface area contributed by atoms with Crippen LogP contribution in [0, 0.1) is 19.8 Å². The standard InChI is InChI=1S/C26H32N4O4S/c1-17(2)26-28-24(29-34-26)15-20-9-11-22(12-10-20)27-25(31)21-6-5-13-30(16-21)35(32,33)23-14-18(3)7-8-19(23)4/h7-12,14,17,21H,5-6,13,15-16H2,1-4H3,(H,27,31)/t21-/m1/s1. The number of amides is 1. The Labute approximate surface area is 206 Å². The van der Waals surface area contributed by atoms with Gasteiger partial charge in [-0.15, -0.1) is 0 Å². The number of hydrogen-bond donors (Lipinski definition) is 1. The maximum absolute atomic E-state index is 13.3. The second-order valence-corrected chi connectivity index (χ2v) is 11.4. The fourth-order valence-electron chi connectivity index (χ4n) is 4.21. The molecular weight excluding hydrogens is 464 g/mol. The minimum Gasteiger partial charge on any atom is -0.339 e. The zero-order valence-corrected chi connectivity index (χ0v) is 21.4. The molecular formula is C26H32N4O4S. The number of aromatic nitrogens is 2. The molecule has 1 aliphatic rings. The normalized spacial score (nSPS) is 17.0. The average molecular weight is 497 g/mol. The molecule has 3 aromatic rings. The van der Waals surface area contributed by atoms with E-state index in [1.807, 2.05) is 57.2 Å². The molecule has 4 rings (SSSR count). The van der Waals surface area contributed by atoms with Crippen LogP contribution < -0.4 is 5.32 Å². The highest BCUT2D eigenvalue weighted by Crippen LogP contribution is 2.27. The molecule has 0 aliphatic carbocycles. The van der Waals surface area contributed by atoms with Crippen molar-refractivity contribution in [3.8, 4) is 0 Å². The first kappa shape index (κ1) is 25.1. The second-order valence-electron chi connectivity index (χ2n) is 9.54. The summed E-state index contributed by atoms with van der Waals surface area (Å²) in [4.78, 5) is 17.7. The zero-order valence-electron chi connectivity index (χ0n) is 20.6. The van der Waals surface area contributed by atoms with Gasteiger partial charge in [0.05, 0.1) is 10.8 Å². The minimum absolute atomic E-state index is 0.168. The lowest BCUT2D eigenvalue weighted by atomic mass is 9.98. The van der Waals surface area contributed by atoms with Crippen molar-refractivity contribution in [2.45, 2.75) is 57.8 Å². The third-order valence-electron chi connectivity index (χ3n) is 6.28. The monoisotopic (exact) mass is 496 g/mol. The fourth-order valence-corrected chi connectivity index (χ4v) is 6.04. The van der Waals surface area contributed by atoms with Crippen molar-refractivity contribution >= 4 is 21.6 Å². The van der Waals surface area contributed by atoms with E-state index in [1.165, 1.54) is 4.31 Å². The molecule has 1 atom stereocenters. The summed E-state index contributed by atoms with van der Waals surface area (Å²) in [6.45, 7) is 8.27. The number of carbonyl (C=O) groups excluding carboxylic acids is 1. The van der Waals surface area contributed by atoms with Crippen LogP contribution in [0.3, 0.4) is 0 Å². The summed E-state index contributed by atoms with van der Waals surface area (Å²) in [5.74, 6) is 0.846. The van der Waals surface area contributed by atoms with E-state index in [2.05, 4.69) is 15.5 Å². The minimum atomic E-state index is -3.66. The van der Waals surface area contributed by atoms with E-state index in [0.29, 0.717) is 53.7 Å². The van der Waals surface area contributed by atoms with Gasteiger partial charge in [0.1, 0.15) is 0 Å². The summed E-state index contributed by atoms with van der Waals surface area (Å²) in [7, 11) is -3.66. The van der Waals surface area contributed by atoms with Crippen LogP contribution in [0.4, 0.5) is 5.69 Å². The highest BCUT2D eigenvalue weighted by Gasteiger charge is 2.34. The Morgan fingerprint density at radius 2 is 1.91 bits per heavy atom. The molecule has 186 valence electrons. The molecule has 2 aromatic carbocycles. The number of sulfonamides is 1. The quantitative estimate of drug-likeness (QED) is 0.518. The number of nitrogens with one attached hydrogen (secondary N) is 1. The van der Waals surface area contributed by atoms with Crippen LogP contribution in [0.5, 0.6) is 0 Å². The molecule has 0 radical (unpaired) electrons. The zero-order chi connectivity index (χ0) is 25.2. The number of hydrogen-bond acceptors (Lipinski definition) is 6. The lowest BCUT2D eigenvalue weighted by molar-refractivity contribution is -0.120. The SMILES string of the molecule is Cc1ccc(C)c(S(=O)(=O)N2CCC[C@@H](C(=O)Nc3ccc(Cc4noc(C(C)C)n4)cc3)C2)c1. The molecule has 1 amide bonds. The van der Waals surface area contributed by atoms with E-state index in [0.717, 1.165) is 11.1 Å². The molecule has 0 bridgehead atoms. The van der Waals surface area contributed by atoms with Gasteiger partial charge < -0.3 is 9.84 Å². The number of carbonyl (C=O) groups is 1. The molecule has 1 saturated heterocycles. The molecule has 1 N–H and O–H groups in total. The summed E-state index contributed by atoms with van der Waals surface area (Å²) in [6.07, 6.45) is 1.83. The molecule has 9 heteroatoms. The van der Waals surface area contributed by atoms with Crippen LogP contribution in [0.2, 0.25) is 0 Å². The smallest absolute Gasteiger partial charge is 0.243 e. The van der Waals surface area contributed by atoms with Crippen LogP contribution in [0.1, 0.15) is 61.0 Å². The molecule has 35 heavy (non-hydrogen) atoms. The van der Waals surface area contributed by atoms with E-state index >= 15 is 0 Å². The molecule has 1 fully saturated rings. The Balaban J connectivity index is 1.39. The van der Waals surface area contributed by atoms with Crippen molar-refractivity contribution in [1.82, 2.24) is 14.4 Å². The number of benzene rings is 2. The predicted octanol–water partition coefficient (Wildman–Crippen LogP) is 4.44. The summed E-state index contributed by atoms with van der Waals surface area (Å²) < 4.78 is 33.3. The van der Waals surface area contributed by atoms with Crippen LogP contribution in [0.25, 0.3) is 0 Å². The molecule has 0 unspecified atom stereocenters. The van der Waals surface area contributed by atoms with Crippen LogP contribution in [-0.4, -0.2) is 41.9 Å². The van der Waals surface area contributed by atoms with Gasteiger partial charge in [-0.05, 0) is 61.6 Å². The maximum atomic E-state index is 13.3. The van der Waals surface area contributed by atoms with Crippen molar-refractivity contribution in [2.75, 3.05) is 18.4 Å². The predicted molar refractivity (Wildman–Crippen MR) is 134 cm³/mol. The number of aryl methyl sites for hydroxylation is 2. The van der Waals surface area contributed by atoms with Gasteiger partial charge in [0.25, 0.3) is 0 Å². The van der Waals surface area contributed by atoms with Gasteiger partial charge in [0.15, 0.2) is 5.82 Å². The molecule has 1 aromatic heterocycles. The Morgan fingerprint density at radius 1 is 1.17 bits per heavy atom. The van der Waals surface area contributed by atoms with E-state index in [4.69, 9.17) is 4.52 Å². The van der Waals surface area contributed by atoms with Crippen molar-refractivity contribution in [1.29, 1.82) is 0 Å². The van der Waals surface area contributed by atoms with Gasteiger partial charge in [-0.1, -0.05) is 43.3 Å². The van der Waals surface area contributed by atoms with Gasteiger partial charge in [0, 0.05) is 31.1 Å².